The molecule has 1 aliphatic rings. The molecular formula is C25H38O5Si. The summed E-state index contributed by atoms with van der Waals surface area (Å²) in [5, 5.41) is 32.8. The van der Waals surface area contributed by atoms with E-state index in [1.165, 1.54) is 12.3 Å². The average Bonchev–Trinajstić information content (AvgIpc) is 3.01. The SMILES string of the molecule is COC(=O)CCC/C=C\C[C@@H]1[C@@H](/C=C/[C@@H](O)C[Si](C)(C)c2ccccc2)[C@H](O)C[C@@H]1O. The molecule has 0 saturated heterocycles. The van der Waals surface area contributed by atoms with Crippen LogP contribution in [0.25, 0.3) is 0 Å². The van der Waals surface area contributed by atoms with E-state index in [9.17, 15) is 20.1 Å². The second kappa shape index (κ2) is 12.3. The third-order valence-corrected chi connectivity index (χ3v) is 9.64. The van der Waals surface area contributed by atoms with Gasteiger partial charge in [0.2, 0.25) is 0 Å². The molecule has 172 valence electrons. The maximum absolute atomic E-state index is 11.1. The molecule has 0 spiro atoms. The molecule has 0 unspecified atom stereocenters. The third kappa shape index (κ3) is 8.03. The van der Waals surface area contributed by atoms with Gasteiger partial charge in [0.25, 0.3) is 0 Å². The smallest absolute Gasteiger partial charge is 0.305 e. The lowest BCUT2D eigenvalue weighted by molar-refractivity contribution is -0.140. The fraction of sp³-hybridized carbons (Fsp3) is 0.560. The second-order valence-corrected chi connectivity index (χ2v) is 13.9. The van der Waals surface area contributed by atoms with Gasteiger partial charge in [-0.3, -0.25) is 4.79 Å². The van der Waals surface area contributed by atoms with Crippen LogP contribution in [0.1, 0.15) is 32.1 Å². The first kappa shape index (κ1) is 25.5. The molecule has 1 saturated carbocycles. The fourth-order valence-corrected chi connectivity index (χ4v) is 6.91. The molecule has 0 bridgehead atoms. The quantitative estimate of drug-likeness (QED) is 0.210. The van der Waals surface area contributed by atoms with E-state index in [-0.39, 0.29) is 17.8 Å². The lowest BCUT2D eigenvalue weighted by Crippen LogP contribution is -2.43. The van der Waals surface area contributed by atoms with Gasteiger partial charge in [0.15, 0.2) is 0 Å². The Bertz CT molecular complexity index is 731. The van der Waals surface area contributed by atoms with Crippen LogP contribution in [0.2, 0.25) is 19.1 Å². The van der Waals surface area contributed by atoms with E-state index in [4.69, 9.17) is 0 Å². The van der Waals surface area contributed by atoms with Crippen LogP contribution in [0, 0.1) is 11.8 Å². The summed E-state index contributed by atoms with van der Waals surface area (Å²) in [4.78, 5) is 11.1. The van der Waals surface area contributed by atoms with Crippen molar-refractivity contribution in [3.05, 3.63) is 54.6 Å². The van der Waals surface area contributed by atoms with Gasteiger partial charge in [-0.1, -0.05) is 72.9 Å². The van der Waals surface area contributed by atoms with Gasteiger partial charge in [-0.2, -0.15) is 0 Å². The monoisotopic (exact) mass is 446 g/mol. The molecule has 1 aromatic carbocycles. The first-order chi connectivity index (χ1) is 14.7. The van der Waals surface area contributed by atoms with E-state index in [0.717, 1.165) is 12.8 Å². The summed E-state index contributed by atoms with van der Waals surface area (Å²) in [6, 6.07) is 11.1. The van der Waals surface area contributed by atoms with Crippen LogP contribution in [0.3, 0.4) is 0 Å². The summed E-state index contributed by atoms with van der Waals surface area (Å²) in [7, 11) is -0.380. The molecule has 1 aromatic rings. The molecule has 6 heteroatoms. The van der Waals surface area contributed by atoms with Crippen molar-refractivity contribution in [1.29, 1.82) is 0 Å². The number of allylic oxidation sites excluding steroid dienone is 2. The predicted molar refractivity (Wildman–Crippen MR) is 127 cm³/mol. The predicted octanol–water partition coefficient (Wildman–Crippen LogP) is 3.17. The minimum atomic E-state index is -1.77. The summed E-state index contributed by atoms with van der Waals surface area (Å²) >= 11 is 0. The Morgan fingerprint density at radius 1 is 1.19 bits per heavy atom. The van der Waals surface area contributed by atoms with Crippen molar-refractivity contribution >= 4 is 19.2 Å². The van der Waals surface area contributed by atoms with E-state index in [0.29, 0.717) is 25.3 Å². The van der Waals surface area contributed by atoms with Crippen LogP contribution < -0.4 is 5.19 Å². The Hall–Kier alpha value is -1.73. The molecular weight excluding hydrogens is 408 g/mol. The molecule has 5 atom stereocenters. The van der Waals surface area contributed by atoms with Crippen LogP contribution in [-0.4, -0.2) is 54.8 Å². The molecule has 1 aliphatic carbocycles. The van der Waals surface area contributed by atoms with Gasteiger partial charge in [-0.05, 0) is 31.2 Å². The van der Waals surface area contributed by atoms with Crippen molar-refractivity contribution in [1.82, 2.24) is 0 Å². The zero-order chi connectivity index (χ0) is 22.9. The second-order valence-electron chi connectivity index (χ2n) is 9.19. The summed E-state index contributed by atoms with van der Waals surface area (Å²) in [6.45, 7) is 4.50. The standard InChI is InChI=1S/C25H38O5Si/c1-30-25(29)14-10-5-4-9-13-21-22(24(28)17-23(21)27)16-15-19(26)18-31(2,3)20-11-7-6-8-12-20/h4,6-9,11-12,15-16,19,21-24,26-28H,5,10,13-14,17-18H2,1-3H3/b9-4-,16-15+/t19-,21-,22-,23+,24-/m1/s1. The molecule has 5 nitrogen and oxygen atoms in total. The zero-order valence-corrected chi connectivity index (χ0v) is 20.0. The number of hydrogen-bond donors (Lipinski definition) is 3. The number of benzene rings is 1. The number of carbonyl (C=O) groups is 1. The molecule has 3 N–H and O–H groups in total. The first-order valence-electron chi connectivity index (χ1n) is 11.2. The molecule has 0 amide bonds. The number of aliphatic hydroxyl groups is 3. The van der Waals surface area contributed by atoms with E-state index >= 15 is 0 Å². The largest absolute Gasteiger partial charge is 0.469 e. The van der Waals surface area contributed by atoms with Gasteiger partial charge in [-0.25, -0.2) is 0 Å². The lowest BCUT2D eigenvalue weighted by Gasteiger charge is -2.25. The number of rotatable bonds is 11. The van der Waals surface area contributed by atoms with E-state index in [1.54, 1.807) is 6.08 Å². The maximum atomic E-state index is 11.1. The van der Waals surface area contributed by atoms with Crippen LogP contribution in [0.5, 0.6) is 0 Å². The Kier molecular flexibility index (Phi) is 10.2. The van der Waals surface area contributed by atoms with Crippen LogP contribution in [-0.2, 0) is 9.53 Å². The van der Waals surface area contributed by atoms with Crippen molar-refractivity contribution in [3.8, 4) is 0 Å². The molecule has 0 radical (unpaired) electrons. The van der Waals surface area contributed by atoms with Gasteiger partial charge in [0.05, 0.1) is 33.5 Å². The molecule has 1 fully saturated rings. The third-order valence-electron chi connectivity index (χ3n) is 6.30. The van der Waals surface area contributed by atoms with Gasteiger partial charge in [-0.15, -0.1) is 0 Å². The number of aliphatic hydroxyl groups excluding tert-OH is 3. The molecule has 2 rings (SSSR count). The Morgan fingerprint density at radius 2 is 1.90 bits per heavy atom. The number of unbranched alkanes of at least 4 members (excludes halogenated alkanes) is 1. The minimum absolute atomic E-state index is 0.0744. The highest BCUT2D eigenvalue weighted by molar-refractivity contribution is 6.89. The number of methoxy groups -OCH3 is 1. The van der Waals surface area contributed by atoms with E-state index < -0.39 is 26.4 Å². The number of esters is 1. The topological polar surface area (TPSA) is 87.0 Å². The van der Waals surface area contributed by atoms with Crippen molar-refractivity contribution < 1.29 is 24.9 Å². The zero-order valence-electron chi connectivity index (χ0n) is 19.0. The minimum Gasteiger partial charge on any atom is -0.469 e. The Balaban J connectivity index is 1.90. The van der Waals surface area contributed by atoms with Gasteiger partial charge in [0.1, 0.15) is 0 Å². The normalized spacial score (nSPS) is 25.4. The number of carbonyl (C=O) groups excluding carboxylic acids is 1. The average molecular weight is 447 g/mol. The van der Waals surface area contributed by atoms with Gasteiger partial charge >= 0.3 is 5.97 Å². The number of hydrogen-bond acceptors (Lipinski definition) is 5. The maximum Gasteiger partial charge on any atom is 0.305 e. The van der Waals surface area contributed by atoms with Gasteiger partial charge < -0.3 is 20.1 Å². The van der Waals surface area contributed by atoms with Crippen LogP contribution in [0.15, 0.2) is 54.6 Å². The molecule has 0 heterocycles. The Labute approximate surface area is 187 Å². The summed E-state index contributed by atoms with van der Waals surface area (Å²) in [6.07, 6.45) is 8.94. The molecule has 31 heavy (non-hydrogen) atoms. The first-order valence-corrected chi connectivity index (χ1v) is 14.4. The van der Waals surface area contributed by atoms with Crippen LogP contribution >= 0.6 is 0 Å². The summed E-state index contributed by atoms with van der Waals surface area (Å²) in [5.41, 5.74) is 0. The highest BCUT2D eigenvalue weighted by Gasteiger charge is 2.39. The van der Waals surface area contributed by atoms with Crippen molar-refractivity contribution in [3.63, 3.8) is 0 Å². The fourth-order valence-electron chi connectivity index (χ4n) is 4.40. The molecule has 0 aliphatic heterocycles. The highest BCUT2D eigenvalue weighted by Crippen LogP contribution is 2.36. The van der Waals surface area contributed by atoms with Crippen LogP contribution in [0.4, 0.5) is 0 Å². The summed E-state index contributed by atoms with van der Waals surface area (Å²) in [5.74, 6) is -0.453. The lowest BCUT2D eigenvalue weighted by atomic mass is 9.89. The number of ether oxygens (including phenoxy) is 1. The van der Waals surface area contributed by atoms with E-state index in [2.05, 4.69) is 30.0 Å². The summed E-state index contributed by atoms with van der Waals surface area (Å²) < 4.78 is 4.63. The molecule has 0 aromatic heterocycles. The van der Waals surface area contributed by atoms with Crippen molar-refractivity contribution in [2.45, 2.75) is 69.6 Å². The van der Waals surface area contributed by atoms with Crippen molar-refractivity contribution in [2.75, 3.05) is 7.11 Å². The van der Waals surface area contributed by atoms with Crippen molar-refractivity contribution in [2.24, 2.45) is 11.8 Å². The van der Waals surface area contributed by atoms with E-state index in [1.807, 2.05) is 36.4 Å². The Morgan fingerprint density at radius 3 is 2.58 bits per heavy atom. The van der Waals surface area contributed by atoms with Gasteiger partial charge in [0, 0.05) is 18.8 Å². The highest BCUT2D eigenvalue weighted by atomic mass is 28.3.